The minimum Gasteiger partial charge on any atom is -0.390 e. The molecule has 11 heavy (non-hydrogen) atoms. The van der Waals surface area contributed by atoms with Crippen molar-refractivity contribution >= 4 is 5.95 Å². The Morgan fingerprint density at radius 3 is 2.82 bits per heavy atom. The second-order valence-corrected chi connectivity index (χ2v) is 2.07. The quantitative estimate of drug-likeness (QED) is 0.474. The van der Waals surface area contributed by atoms with Crippen molar-refractivity contribution in [2.24, 2.45) is 12.8 Å². The molecule has 0 aromatic carbocycles. The predicted octanol–water partition coefficient (Wildman–Crippen LogP) is -0.213. The van der Waals surface area contributed by atoms with Gasteiger partial charge in [-0.05, 0) is 4.92 Å². The second kappa shape index (κ2) is 2.67. The first kappa shape index (κ1) is 7.67. The highest BCUT2D eigenvalue weighted by molar-refractivity contribution is 5.13. The Kier molecular flexibility index (Phi) is 1.86. The van der Waals surface area contributed by atoms with Crippen molar-refractivity contribution < 1.29 is 4.92 Å². The summed E-state index contributed by atoms with van der Waals surface area (Å²) in [4.78, 5) is 13.3. The van der Waals surface area contributed by atoms with E-state index in [9.17, 15) is 10.1 Å². The molecule has 0 saturated heterocycles. The lowest BCUT2D eigenvalue weighted by molar-refractivity contribution is -0.396. The summed E-state index contributed by atoms with van der Waals surface area (Å²) >= 11 is 0. The number of nitro groups is 1. The molecule has 6 nitrogen and oxygen atoms in total. The summed E-state index contributed by atoms with van der Waals surface area (Å²) in [5.74, 6) is -0.176. The third-order valence-electron chi connectivity index (χ3n) is 1.43. The summed E-state index contributed by atoms with van der Waals surface area (Å²) < 4.78 is 1.36. The van der Waals surface area contributed by atoms with Crippen LogP contribution in [0.3, 0.4) is 0 Å². The lowest BCUT2D eigenvalue weighted by Gasteiger charge is -1.95. The van der Waals surface area contributed by atoms with Crippen LogP contribution in [0.4, 0.5) is 5.95 Å². The first-order valence-corrected chi connectivity index (χ1v) is 3.02. The Labute approximate surface area is 62.8 Å². The van der Waals surface area contributed by atoms with Crippen LogP contribution in [0.1, 0.15) is 5.69 Å². The molecule has 1 heterocycles. The summed E-state index contributed by atoms with van der Waals surface area (Å²) in [5.41, 5.74) is 5.93. The van der Waals surface area contributed by atoms with E-state index in [0.717, 1.165) is 0 Å². The van der Waals surface area contributed by atoms with Gasteiger partial charge in [0, 0.05) is 0 Å². The number of hydrogen-bond acceptors (Lipinski definition) is 4. The van der Waals surface area contributed by atoms with E-state index in [-0.39, 0.29) is 12.5 Å². The SMILES string of the molecule is Cn1c(CN)cnc1[N+](=O)[O-]. The van der Waals surface area contributed by atoms with E-state index in [2.05, 4.69) is 4.98 Å². The van der Waals surface area contributed by atoms with Gasteiger partial charge in [-0.2, -0.15) is 0 Å². The number of hydrogen-bond donors (Lipinski definition) is 1. The van der Waals surface area contributed by atoms with Crippen LogP contribution in [0.15, 0.2) is 6.20 Å². The van der Waals surface area contributed by atoms with Gasteiger partial charge in [0.25, 0.3) is 0 Å². The van der Waals surface area contributed by atoms with Crippen molar-refractivity contribution in [3.8, 4) is 0 Å². The minimum absolute atomic E-state index is 0.176. The molecule has 0 spiro atoms. The Morgan fingerprint density at radius 2 is 2.55 bits per heavy atom. The molecule has 60 valence electrons. The van der Waals surface area contributed by atoms with Crippen LogP contribution in [-0.4, -0.2) is 14.5 Å². The van der Waals surface area contributed by atoms with Crippen LogP contribution in [0.25, 0.3) is 0 Å². The van der Waals surface area contributed by atoms with Gasteiger partial charge in [-0.15, -0.1) is 0 Å². The first-order chi connectivity index (χ1) is 5.16. The molecule has 0 unspecified atom stereocenters. The molecule has 1 rings (SSSR count). The van der Waals surface area contributed by atoms with Crippen LogP contribution in [0.5, 0.6) is 0 Å². The maximum absolute atomic E-state index is 10.2. The molecule has 0 atom stereocenters. The van der Waals surface area contributed by atoms with Crippen LogP contribution < -0.4 is 5.73 Å². The van der Waals surface area contributed by atoms with E-state index in [0.29, 0.717) is 5.69 Å². The fourth-order valence-corrected chi connectivity index (χ4v) is 0.793. The Balaban J connectivity index is 3.10. The topological polar surface area (TPSA) is 87.0 Å². The zero-order valence-corrected chi connectivity index (χ0v) is 6.02. The smallest absolute Gasteiger partial charge is 0.390 e. The molecule has 0 aliphatic heterocycles. The molecule has 0 saturated carbocycles. The molecule has 0 aliphatic rings. The Bertz CT molecular complexity index is 280. The van der Waals surface area contributed by atoms with Gasteiger partial charge >= 0.3 is 5.95 Å². The van der Waals surface area contributed by atoms with Gasteiger partial charge in [0.1, 0.15) is 11.9 Å². The summed E-state index contributed by atoms with van der Waals surface area (Å²) in [5, 5.41) is 10.2. The second-order valence-electron chi connectivity index (χ2n) is 2.07. The molecule has 0 bridgehead atoms. The average Bonchev–Trinajstić information content (AvgIpc) is 2.30. The average molecular weight is 156 g/mol. The van der Waals surface area contributed by atoms with Crippen molar-refractivity contribution in [2.45, 2.75) is 6.54 Å². The summed E-state index contributed by atoms with van der Waals surface area (Å²) in [6, 6.07) is 0. The Morgan fingerprint density at radius 1 is 1.91 bits per heavy atom. The van der Waals surface area contributed by atoms with Crippen LogP contribution in [0.2, 0.25) is 0 Å². The first-order valence-electron chi connectivity index (χ1n) is 3.02. The molecule has 6 heteroatoms. The summed E-state index contributed by atoms with van der Waals surface area (Å²) in [6.45, 7) is 0.261. The fraction of sp³-hybridized carbons (Fsp3) is 0.400. The zero-order chi connectivity index (χ0) is 8.43. The lowest BCUT2D eigenvalue weighted by Crippen LogP contribution is -2.05. The van der Waals surface area contributed by atoms with Crippen molar-refractivity contribution in [2.75, 3.05) is 0 Å². The molecular weight excluding hydrogens is 148 g/mol. The molecule has 0 amide bonds. The van der Waals surface area contributed by atoms with Crippen molar-refractivity contribution in [3.05, 3.63) is 22.0 Å². The molecule has 1 aromatic heterocycles. The van der Waals surface area contributed by atoms with Gasteiger partial charge < -0.3 is 15.8 Å². The molecule has 2 N–H and O–H groups in total. The number of rotatable bonds is 2. The molecule has 1 aromatic rings. The van der Waals surface area contributed by atoms with Crippen LogP contribution in [-0.2, 0) is 13.6 Å². The van der Waals surface area contributed by atoms with E-state index in [4.69, 9.17) is 5.73 Å². The molecular formula is C5H8N4O2. The van der Waals surface area contributed by atoms with Crippen LogP contribution in [0, 0.1) is 10.1 Å². The number of nitrogens with zero attached hydrogens (tertiary/aromatic N) is 3. The van der Waals surface area contributed by atoms with Gasteiger partial charge in [-0.3, -0.25) is 0 Å². The number of nitrogens with two attached hydrogens (primary N) is 1. The van der Waals surface area contributed by atoms with Gasteiger partial charge in [0.2, 0.25) is 0 Å². The Hall–Kier alpha value is -1.43. The fourth-order valence-electron chi connectivity index (χ4n) is 0.793. The molecule has 0 radical (unpaired) electrons. The molecule has 0 aliphatic carbocycles. The van der Waals surface area contributed by atoms with Crippen molar-refractivity contribution in [1.29, 1.82) is 0 Å². The summed E-state index contributed by atoms with van der Waals surface area (Å²) in [7, 11) is 1.56. The summed E-state index contributed by atoms with van der Waals surface area (Å²) in [6.07, 6.45) is 1.40. The highest BCUT2D eigenvalue weighted by atomic mass is 16.6. The molecule has 0 fully saturated rings. The standard InChI is InChI=1S/C5H8N4O2/c1-8-4(2-6)3-7-5(8)9(10)11/h3H,2,6H2,1H3. The van der Waals surface area contributed by atoms with E-state index in [1.165, 1.54) is 10.8 Å². The van der Waals surface area contributed by atoms with Gasteiger partial charge in [0.15, 0.2) is 0 Å². The number of aromatic nitrogens is 2. The highest BCUT2D eigenvalue weighted by Gasteiger charge is 2.15. The van der Waals surface area contributed by atoms with Crippen LogP contribution >= 0.6 is 0 Å². The highest BCUT2D eigenvalue weighted by Crippen LogP contribution is 2.08. The van der Waals surface area contributed by atoms with Gasteiger partial charge in [0.05, 0.1) is 13.6 Å². The monoisotopic (exact) mass is 156 g/mol. The number of imidazole rings is 1. The van der Waals surface area contributed by atoms with Gasteiger partial charge in [-0.25, -0.2) is 4.57 Å². The van der Waals surface area contributed by atoms with E-state index in [1.54, 1.807) is 7.05 Å². The zero-order valence-electron chi connectivity index (χ0n) is 6.02. The van der Waals surface area contributed by atoms with Gasteiger partial charge in [-0.1, -0.05) is 4.98 Å². The van der Waals surface area contributed by atoms with E-state index >= 15 is 0 Å². The lowest BCUT2D eigenvalue weighted by atomic mass is 10.5. The van der Waals surface area contributed by atoms with E-state index in [1.807, 2.05) is 0 Å². The van der Waals surface area contributed by atoms with Crippen molar-refractivity contribution in [3.63, 3.8) is 0 Å². The van der Waals surface area contributed by atoms with Crippen molar-refractivity contribution in [1.82, 2.24) is 9.55 Å². The largest absolute Gasteiger partial charge is 0.434 e. The third-order valence-corrected chi connectivity index (χ3v) is 1.43. The van der Waals surface area contributed by atoms with E-state index < -0.39 is 4.92 Å². The predicted molar refractivity (Wildman–Crippen MR) is 37.8 cm³/mol. The maximum atomic E-state index is 10.2. The maximum Gasteiger partial charge on any atom is 0.434 e. The normalized spacial score (nSPS) is 10.0. The minimum atomic E-state index is -0.542. The third kappa shape index (κ3) is 1.20.